The highest BCUT2D eigenvalue weighted by Crippen LogP contribution is 1.88. The lowest BCUT2D eigenvalue weighted by Gasteiger charge is -2.02. The van der Waals surface area contributed by atoms with Crippen molar-refractivity contribution in [2.24, 2.45) is 5.10 Å². The summed E-state index contributed by atoms with van der Waals surface area (Å²) in [6, 6.07) is 1.09. The molecule has 0 aliphatic carbocycles. The van der Waals surface area contributed by atoms with Crippen LogP contribution in [0.4, 0.5) is 5.82 Å². The Morgan fingerprint density at radius 3 is 2.67 bits per heavy atom. The van der Waals surface area contributed by atoms with E-state index >= 15 is 0 Å². The number of aromatic nitrogens is 5. The number of carbonyl (C=O) groups is 1. The van der Waals surface area contributed by atoms with E-state index in [0.29, 0.717) is 0 Å². The zero-order valence-electron chi connectivity index (χ0n) is 12.0. The number of nitrogens with zero attached hydrogens (tertiary/aromatic N) is 2. The zero-order chi connectivity index (χ0) is 17.5. The molecule has 2 rings (SSSR count). The Hall–Kier alpha value is -3.77. The van der Waals surface area contributed by atoms with Crippen molar-refractivity contribution < 1.29 is 4.79 Å². The van der Waals surface area contributed by atoms with E-state index in [2.05, 4.69) is 25.9 Å². The largest absolute Gasteiger partial charge is 0.364 e. The van der Waals surface area contributed by atoms with E-state index in [1.807, 2.05) is 15.1 Å². The molecule has 13 nitrogen and oxygen atoms in total. The molecule has 2 aromatic rings. The maximum absolute atomic E-state index is 11.5. The van der Waals surface area contributed by atoms with Gasteiger partial charge in [-0.3, -0.25) is 24.4 Å². The Balaban J connectivity index is 1.82. The van der Waals surface area contributed by atoms with Gasteiger partial charge < -0.3 is 10.3 Å². The molecule has 0 aliphatic rings. The lowest BCUT2D eigenvalue weighted by Crippen LogP contribution is -2.28. The summed E-state index contributed by atoms with van der Waals surface area (Å²) in [5.41, 5.74) is -0.463. The summed E-state index contributed by atoms with van der Waals surface area (Å²) in [5, 5.41) is 11.6. The molecule has 0 spiro atoms. The van der Waals surface area contributed by atoms with Crippen LogP contribution >= 0.6 is 0 Å². The first-order valence-corrected chi connectivity index (χ1v) is 6.52. The normalized spacial score (nSPS) is 10.7. The molecule has 0 fully saturated rings. The highest BCUT2D eigenvalue weighted by atomic mass is 16.2. The van der Waals surface area contributed by atoms with E-state index in [-0.39, 0.29) is 24.5 Å². The Kier molecular flexibility index (Phi) is 5.17. The van der Waals surface area contributed by atoms with Crippen LogP contribution in [0.1, 0.15) is 12.1 Å². The second-order valence-corrected chi connectivity index (χ2v) is 4.37. The summed E-state index contributed by atoms with van der Waals surface area (Å²) >= 11 is 0. The minimum absolute atomic E-state index is 0.0521. The van der Waals surface area contributed by atoms with Gasteiger partial charge in [-0.1, -0.05) is 0 Å². The Labute approximate surface area is 131 Å². The fourth-order valence-electron chi connectivity index (χ4n) is 1.55. The van der Waals surface area contributed by atoms with Crippen molar-refractivity contribution in [1.82, 2.24) is 30.6 Å². The summed E-state index contributed by atoms with van der Waals surface area (Å²) in [4.78, 5) is 61.9. The highest BCUT2D eigenvalue weighted by molar-refractivity contribution is 5.80. The first-order chi connectivity index (χ1) is 11.4. The van der Waals surface area contributed by atoms with Gasteiger partial charge in [0.15, 0.2) is 0 Å². The second kappa shape index (κ2) is 7.48. The number of H-pyrrole nitrogens is 4. The van der Waals surface area contributed by atoms with Gasteiger partial charge >= 0.3 is 11.4 Å². The van der Waals surface area contributed by atoms with Gasteiger partial charge in [0.1, 0.15) is 0 Å². The third kappa shape index (κ3) is 4.90. The predicted octanol–water partition coefficient (Wildman–Crippen LogP) is -3.21. The first kappa shape index (κ1) is 16.6. The van der Waals surface area contributed by atoms with Gasteiger partial charge in [-0.15, -0.1) is 5.10 Å². The van der Waals surface area contributed by atoms with Crippen molar-refractivity contribution in [3.8, 4) is 0 Å². The maximum Gasteiger partial charge on any atom is 0.342 e. The van der Waals surface area contributed by atoms with Crippen molar-refractivity contribution >= 4 is 17.9 Å². The lowest BCUT2D eigenvalue weighted by atomic mass is 10.4. The van der Waals surface area contributed by atoms with Crippen molar-refractivity contribution in [1.29, 1.82) is 0 Å². The van der Waals surface area contributed by atoms with Crippen LogP contribution in [-0.4, -0.2) is 43.8 Å². The molecule has 126 valence electrons. The molecule has 2 aromatic heterocycles. The number of hydrogen-bond donors (Lipinski definition) is 6. The molecule has 24 heavy (non-hydrogen) atoms. The summed E-state index contributed by atoms with van der Waals surface area (Å²) in [6.07, 6.45) is 1.04. The van der Waals surface area contributed by atoms with Crippen LogP contribution in [0.2, 0.25) is 0 Å². The molecular weight excluding hydrogens is 324 g/mol. The SMILES string of the molecule is O=C(CCNc1n[nH]c(=O)[nH]c1=O)NN=Cc1cc(=O)[nH]c(=O)[nH]1. The summed E-state index contributed by atoms with van der Waals surface area (Å²) < 4.78 is 0. The minimum Gasteiger partial charge on any atom is -0.364 e. The third-order valence-corrected chi connectivity index (χ3v) is 2.53. The highest BCUT2D eigenvalue weighted by Gasteiger charge is 2.03. The van der Waals surface area contributed by atoms with Gasteiger partial charge in [0.05, 0.1) is 11.9 Å². The topological polar surface area (TPSA) is 198 Å². The number of carbonyl (C=O) groups excluding carboxylic acids is 1. The van der Waals surface area contributed by atoms with Crippen molar-refractivity contribution in [2.75, 3.05) is 11.9 Å². The molecule has 0 radical (unpaired) electrons. The average Bonchev–Trinajstić information content (AvgIpc) is 2.48. The molecule has 13 heteroatoms. The molecule has 2 heterocycles. The third-order valence-electron chi connectivity index (χ3n) is 2.53. The molecule has 0 saturated carbocycles. The van der Waals surface area contributed by atoms with E-state index in [0.717, 1.165) is 12.3 Å². The Morgan fingerprint density at radius 2 is 1.96 bits per heavy atom. The van der Waals surface area contributed by atoms with Crippen molar-refractivity contribution in [3.63, 3.8) is 0 Å². The quantitative estimate of drug-likeness (QED) is 0.235. The predicted molar refractivity (Wildman–Crippen MR) is 82.0 cm³/mol. The average molecular weight is 336 g/mol. The van der Waals surface area contributed by atoms with Crippen molar-refractivity contribution in [2.45, 2.75) is 6.42 Å². The van der Waals surface area contributed by atoms with Crippen LogP contribution in [0.3, 0.4) is 0 Å². The van der Waals surface area contributed by atoms with Crippen LogP contribution < -0.4 is 33.2 Å². The molecule has 1 amide bonds. The molecule has 0 aliphatic heterocycles. The van der Waals surface area contributed by atoms with Gasteiger partial charge in [-0.25, -0.2) is 20.1 Å². The van der Waals surface area contributed by atoms with E-state index in [9.17, 15) is 24.0 Å². The molecule has 6 N–H and O–H groups in total. The Morgan fingerprint density at radius 1 is 1.17 bits per heavy atom. The fourth-order valence-corrected chi connectivity index (χ4v) is 1.55. The number of nitrogens with one attached hydrogen (secondary N) is 6. The number of anilines is 1. The van der Waals surface area contributed by atoms with Crippen LogP contribution in [-0.2, 0) is 4.79 Å². The van der Waals surface area contributed by atoms with Gasteiger partial charge in [0, 0.05) is 19.0 Å². The monoisotopic (exact) mass is 336 g/mol. The van der Waals surface area contributed by atoms with Gasteiger partial charge in [-0.05, 0) is 0 Å². The summed E-state index contributed by atoms with van der Waals surface area (Å²) in [7, 11) is 0. The molecule has 0 unspecified atom stereocenters. The number of rotatable bonds is 6. The number of hydrogen-bond acceptors (Lipinski definition) is 8. The van der Waals surface area contributed by atoms with E-state index in [4.69, 9.17) is 0 Å². The van der Waals surface area contributed by atoms with Crippen LogP contribution in [0, 0.1) is 0 Å². The standard InChI is InChI=1S/C11H12N8O5/c20-6(1-2-12-8-9(22)16-11(24)19-18-8)17-13-4-5-3-7(21)15-10(23)14-5/h3-4H,1-2H2,(H,12,18)(H,17,20)(H2,14,15,21,23)(H2,16,19,22,24). The van der Waals surface area contributed by atoms with E-state index in [1.54, 1.807) is 0 Å². The molecule has 0 aromatic carbocycles. The number of hydrazone groups is 1. The lowest BCUT2D eigenvalue weighted by molar-refractivity contribution is -0.120. The van der Waals surface area contributed by atoms with Gasteiger partial charge in [0.2, 0.25) is 11.7 Å². The van der Waals surface area contributed by atoms with Crippen molar-refractivity contribution in [3.05, 3.63) is 53.4 Å². The minimum atomic E-state index is -0.740. The van der Waals surface area contributed by atoms with Crippen LogP contribution in [0.25, 0.3) is 0 Å². The Bertz CT molecular complexity index is 953. The van der Waals surface area contributed by atoms with E-state index < -0.39 is 28.4 Å². The molecule has 0 atom stereocenters. The van der Waals surface area contributed by atoms with Crippen LogP contribution in [0.15, 0.2) is 30.3 Å². The second-order valence-electron chi connectivity index (χ2n) is 4.37. The fraction of sp³-hybridized carbons (Fsp3) is 0.182. The van der Waals surface area contributed by atoms with Crippen LogP contribution in [0.5, 0.6) is 0 Å². The molecule has 0 bridgehead atoms. The maximum atomic E-state index is 11.5. The first-order valence-electron chi connectivity index (χ1n) is 6.52. The number of aromatic amines is 4. The summed E-state index contributed by atoms with van der Waals surface area (Å²) in [5.74, 6) is -0.626. The van der Waals surface area contributed by atoms with Gasteiger partial charge in [0.25, 0.3) is 11.1 Å². The molecular formula is C11H12N8O5. The zero-order valence-corrected chi connectivity index (χ0v) is 12.0. The smallest absolute Gasteiger partial charge is 0.342 e. The van der Waals surface area contributed by atoms with E-state index in [1.165, 1.54) is 0 Å². The number of amides is 1. The summed E-state index contributed by atoms with van der Waals surface area (Å²) in [6.45, 7) is 0.0608. The van der Waals surface area contributed by atoms with Gasteiger partial charge in [-0.2, -0.15) is 5.10 Å². The molecule has 0 saturated heterocycles.